The van der Waals surface area contributed by atoms with Gasteiger partial charge < -0.3 is 0 Å². The van der Waals surface area contributed by atoms with Gasteiger partial charge in [0, 0.05) is 24.0 Å². The van der Waals surface area contributed by atoms with E-state index in [4.69, 9.17) is 0 Å². The van der Waals surface area contributed by atoms with Crippen LogP contribution in [-0.4, -0.2) is 19.9 Å². The van der Waals surface area contributed by atoms with Crippen LogP contribution >= 0.6 is 23.1 Å². The highest BCUT2D eigenvalue weighted by Crippen LogP contribution is 2.28. The molecule has 0 amide bonds. The van der Waals surface area contributed by atoms with Gasteiger partial charge in [0.05, 0.1) is 0 Å². The van der Waals surface area contributed by atoms with Gasteiger partial charge in [-0.2, -0.15) is 0 Å². The molecule has 3 heterocycles. The Morgan fingerprint density at radius 3 is 2.72 bits per heavy atom. The summed E-state index contributed by atoms with van der Waals surface area (Å²) >= 11 is 3.13. The molecular weight excluding hydrogens is 264 g/mol. The van der Waals surface area contributed by atoms with Gasteiger partial charge >= 0.3 is 0 Å². The molecule has 0 atom stereocenters. The molecule has 0 aliphatic carbocycles. The Hall–Kier alpha value is -1.79. The second-order valence-corrected chi connectivity index (χ2v) is 5.50. The molecule has 3 aromatic rings. The van der Waals surface area contributed by atoms with Crippen LogP contribution in [0.4, 0.5) is 0 Å². The van der Waals surface area contributed by atoms with Gasteiger partial charge in [0.1, 0.15) is 10.7 Å². The van der Waals surface area contributed by atoms with E-state index in [1.165, 1.54) is 11.8 Å². The molecule has 0 spiro atoms. The Morgan fingerprint density at radius 2 is 1.94 bits per heavy atom. The van der Waals surface area contributed by atoms with Crippen LogP contribution in [0.2, 0.25) is 0 Å². The molecule has 0 fully saturated rings. The summed E-state index contributed by atoms with van der Waals surface area (Å²) in [6.07, 6.45) is 5.26. The van der Waals surface area contributed by atoms with Crippen LogP contribution in [0.1, 0.15) is 0 Å². The van der Waals surface area contributed by atoms with E-state index in [1.54, 1.807) is 29.9 Å². The zero-order valence-electron chi connectivity index (χ0n) is 9.22. The van der Waals surface area contributed by atoms with E-state index < -0.39 is 0 Å². The molecule has 88 valence electrons. The molecule has 0 aliphatic heterocycles. The normalized spacial score (nSPS) is 10.4. The van der Waals surface area contributed by atoms with Crippen molar-refractivity contribution >= 4 is 23.1 Å². The highest BCUT2D eigenvalue weighted by atomic mass is 32.2. The smallest absolute Gasteiger partial charge is 0.179 e. The number of nitrogens with zero attached hydrogens (tertiary/aromatic N) is 4. The van der Waals surface area contributed by atoms with Crippen LogP contribution in [0.25, 0.3) is 11.5 Å². The van der Waals surface area contributed by atoms with E-state index in [-0.39, 0.29) is 0 Å². The first-order chi connectivity index (χ1) is 8.92. The van der Waals surface area contributed by atoms with Crippen molar-refractivity contribution in [1.82, 2.24) is 19.9 Å². The Balaban J connectivity index is 1.90. The Bertz CT molecular complexity index is 626. The van der Waals surface area contributed by atoms with Crippen LogP contribution in [0.5, 0.6) is 0 Å². The summed E-state index contributed by atoms with van der Waals surface area (Å²) in [5, 5.41) is 2.82. The summed E-state index contributed by atoms with van der Waals surface area (Å²) in [6.45, 7) is 0. The fourth-order valence-electron chi connectivity index (χ4n) is 1.37. The van der Waals surface area contributed by atoms with Crippen LogP contribution in [0, 0.1) is 0 Å². The zero-order chi connectivity index (χ0) is 12.2. The number of aromatic nitrogens is 4. The maximum Gasteiger partial charge on any atom is 0.179 e. The number of pyridine rings is 1. The molecule has 0 radical (unpaired) electrons. The Kier molecular flexibility index (Phi) is 3.29. The molecule has 0 bridgehead atoms. The molecular formula is C12H8N4S2. The lowest BCUT2D eigenvalue weighted by Crippen LogP contribution is -1.91. The van der Waals surface area contributed by atoms with Gasteiger partial charge in [0.25, 0.3) is 0 Å². The average Bonchev–Trinajstić information content (AvgIpc) is 2.93. The molecule has 3 aromatic heterocycles. The van der Waals surface area contributed by atoms with E-state index in [0.717, 1.165) is 15.1 Å². The zero-order valence-corrected chi connectivity index (χ0v) is 10.9. The molecule has 0 N–H and O–H groups in total. The number of hydrogen-bond acceptors (Lipinski definition) is 6. The van der Waals surface area contributed by atoms with Crippen LogP contribution in [0.15, 0.2) is 57.6 Å². The minimum atomic E-state index is 0.636. The van der Waals surface area contributed by atoms with Gasteiger partial charge in [-0.1, -0.05) is 6.07 Å². The summed E-state index contributed by atoms with van der Waals surface area (Å²) < 4.78 is 0.973. The summed E-state index contributed by atoms with van der Waals surface area (Å²) in [4.78, 5) is 17.2. The molecule has 0 aliphatic rings. The number of thiazole rings is 1. The van der Waals surface area contributed by atoms with Crippen molar-refractivity contribution in [3.8, 4) is 11.5 Å². The summed E-state index contributed by atoms with van der Waals surface area (Å²) in [7, 11) is 0. The van der Waals surface area contributed by atoms with Crippen molar-refractivity contribution in [3.63, 3.8) is 0 Å². The third-order valence-corrected chi connectivity index (χ3v) is 3.95. The summed E-state index contributed by atoms with van der Waals surface area (Å²) in [6, 6.07) is 7.57. The summed E-state index contributed by atoms with van der Waals surface area (Å²) in [5.74, 6) is 0.636. The quantitative estimate of drug-likeness (QED) is 0.686. The number of rotatable bonds is 3. The highest BCUT2D eigenvalue weighted by molar-refractivity contribution is 8.00. The molecule has 18 heavy (non-hydrogen) atoms. The molecule has 3 rings (SSSR count). The van der Waals surface area contributed by atoms with Crippen molar-refractivity contribution in [2.24, 2.45) is 0 Å². The van der Waals surface area contributed by atoms with Crippen LogP contribution in [-0.2, 0) is 0 Å². The fourth-order valence-corrected chi connectivity index (χ4v) is 2.90. The summed E-state index contributed by atoms with van der Waals surface area (Å²) in [5.41, 5.74) is 0.777. The molecule has 6 heteroatoms. The standard InChI is InChI=1S/C12H8N4S2/c1-2-5-13-9(3-1)11-14-6-4-10(16-11)18-12-15-7-8-17-12/h1-8H. The lowest BCUT2D eigenvalue weighted by Gasteiger charge is -2.00. The first-order valence-corrected chi connectivity index (χ1v) is 6.93. The SMILES string of the molecule is c1ccc(-c2nccc(Sc3nccs3)n2)nc1. The van der Waals surface area contributed by atoms with Gasteiger partial charge in [-0.05, 0) is 30.0 Å². The predicted molar refractivity (Wildman–Crippen MR) is 71.5 cm³/mol. The van der Waals surface area contributed by atoms with E-state index in [2.05, 4.69) is 19.9 Å². The van der Waals surface area contributed by atoms with Gasteiger partial charge in [-0.3, -0.25) is 4.98 Å². The third kappa shape index (κ3) is 2.55. The first kappa shape index (κ1) is 11.3. The number of hydrogen-bond donors (Lipinski definition) is 0. The average molecular weight is 272 g/mol. The topological polar surface area (TPSA) is 51.6 Å². The highest BCUT2D eigenvalue weighted by Gasteiger charge is 2.05. The lowest BCUT2D eigenvalue weighted by atomic mass is 10.3. The van der Waals surface area contributed by atoms with Crippen LogP contribution < -0.4 is 0 Å². The van der Waals surface area contributed by atoms with Gasteiger partial charge in [0.2, 0.25) is 0 Å². The monoisotopic (exact) mass is 272 g/mol. The molecule has 4 nitrogen and oxygen atoms in total. The van der Waals surface area contributed by atoms with E-state index in [1.807, 2.05) is 29.6 Å². The Morgan fingerprint density at radius 1 is 0.944 bits per heavy atom. The maximum absolute atomic E-state index is 4.47. The minimum absolute atomic E-state index is 0.636. The Labute approximate surface area is 112 Å². The van der Waals surface area contributed by atoms with Crippen molar-refractivity contribution in [2.75, 3.05) is 0 Å². The van der Waals surface area contributed by atoms with Crippen molar-refractivity contribution in [1.29, 1.82) is 0 Å². The first-order valence-electron chi connectivity index (χ1n) is 5.23. The maximum atomic E-state index is 4.47. The van der Waals surface area contributed by atoms with Crippen molar-refractivity contribution in [3.05, 3.63) is 48.2 Å². The lowest BCUT2D eigenvalue weighted by molar-refractivity contribution is 1.04. The van der Waals surface area contributed by atoms with Crippen molar-refractivity contribution < 1.29 is 0 Å². The van der Waals surface area contributed by atoms with E-state index in [0.29, 0.717) is 5.82 Å². The van der Waals surface area contributed by atoms with Crippen LogP contribution in [0.3, 0.4) is 0 Å². The largest absolute Gasteiger partial charge is 0.253 e. The molecule has 0 aromatic carbocycles. The predicted octanol–water partition coefficient (Wildman–Crippen LogP) is 3.15. The van der Waals surface area contributed by atoms with E-state index >= 15 is 0 Å². The second-order valence-electron chi connectivity index (χ2n) is 3.33. The second kappa shape index (κ2) is 5.24. The minimum Gasteiger partial charge on any atom is -0.253 e. The third-order valence-electron chi connectivity index (χ3n) is 2.13. The molecule has 0 saturated heterocycles. The van der Waals surface area contributed by atoms with Crippen molar-refractivity contribution in [2.45, 2.75) is 9.37 Å². The molecule has 0 unspecified atom stereocenters. The molecule has 0 saturated carbocycles. The van der Waals surface area contributed by atoms with Gasteiger partial charge in [-0.15, -0.1) is 11.3 Å². The van der Waals surface area contributed by atoms with Gasteiger partial charge in [-0.25, -0.2) is 15.0 Å². The van der Waals surface area contributed by atoms with Gasteiger partial charge in [0.15, 0.2) is 10.2 Å². The van der Waals surface area contributed by atoms with E-state index in [9.17, 15) is 0 Å². The fraction of sp³-hybridized carbons (Fsp3) is 0.